The molecule has 0 spiro atoms. The van der Waals surface area contributed by atoms with Gasteiger partial charge in [0.05, 0.1) is 6.04 Å². The fraction of sp³-hybridized carbons (Fsp3) is 0.125. The Balaban J connectivity index is 2.04. The molecule has 1 aromatic heterocycles. The summed E-state index contributed by atoms with van der Waals surface area (Å²) in [6, 6.07) is 15.4. The van der Waals surface area contributed by atoms with Crippen molar-refractivity contribution in [3.05, 3.63) is 70.4 Å². The number of aryl methyl sites for hydroxylation is 1. The van der Waals surface area contributed by atoms with Crippen LogP contribution in [0.1, 0.15) is 22.9 Å². The summed E-state index contributed by atoms with van der Waals surface area (Å²) in [6.45, 7) is 2.05. The van der Waals surface area contributed by atoms with E-state index in [9.17, 15) is 0 Å². The lowest BCUT2D eigenvalue weighted by molar-refractivity contribution is 0.525. The van der Waals surface area contributed by atoms with Gasteiger partial charge in [-0.05, 0) is 36.8 Å². The van der Waals surface area contributed by atoms with Gasteiger partial charge in [0.15, 0.2) is 0 Å². The van der Waals surface area contributed by atoms with E-state index in [-0.39, 0.29) is 6.04 Å². The van der Waals surface area contributed by atoms with Crippen molar-refractivity contribution < 1.29 is 4.42 Å². The summed E-state index contributed by atoms with van der Waals surface area (Å²) in [7, 11) is 0. The molecular weight excluding hydrogens is 258 g/mol. The molecule has 0 fully saturated rings. The van der Waals surface area contributed by atoms with Crippen molar-refractivity contribution in [2.24, 2.45) is 5.73 Å². The van der Waals surface area contributed by atoms with E-state index >= 15 is 0 Å². The highest BCUT2D eigenvalue weighted by atomic mass is 35.5. The number of halogens is 1. The molecular formula is C16H14ClNO. The Kier molecular flexibility index (Phi) is 3.05. The van der Waals surface area contributed by atoms with E-state index in [2.05, 4.69) is 19.1 Å². The molecule has 1 atom stereocenters. The van der Waals surface area contributed by atoms with Crippen LogP contribution >= 0.6 is 11.6 Å². The lowest BCUT2D eigenvalue weighted by atomic mass is 10.0. The Morgan fingerprint density at radius 3 is 2.74 bits per heavy atom. The van der Waals surface area contributed by atoms with Crippen LogP contribution in [0.2, 0.25) is 5.02 Å². The maximum Gasteiger partial charge on any atom is 0.134 e. The number of hydrogen-bond acceptors (Lipinski definition) is 2. The number of hydrogen-bond donors (Lipinski definition) is 1. The van der Waals surface area contributed by atoms with Crippen LogP contribution in [0.5, 0.6) is 0 Å². The van der Waals surface area contributed by atoms with Gasteiger partial charge in [-0.15, -0.1) is 0 Å². The molecule has 0 amide bonds. The smallest absolute Gasteiger partial charge is 0.134 e. The van der Waals surface area contributed by atoms with E-state index in [1.807, 2.05) is 36.4 Å². The standard InChI is InChI=1S/C16H14ClNO/c1-10-3-2-4-11(7-10)16(18)15-9-12-8-13(17)5-6-14(12)19-15/h2-9,16H,18H2,1H3. The number of benzene rings is 2. The van der Waals surface area contributed by atoms with Crippen LogP contribution in [0.15, 0.2) is 52.9 Å². The van der Waals surface area contributed by atoms with Gasteiger partial charge in [-0.25, -0.2) is 0 Å². The molecule has 2 nitrogen and oxygen atoms in total. The zero-order valence-electron chi connectivity index (χ0n) is 10.6. The summed E-state index contributed by atoms with van der Waals surface area (Å²) >= 11 is 5.97. The molecule has 0 radical (unpaired) electrons. The van der Waals surface area contributed by atoms with Crippen molar-refractivity contribution in [1.29, 1.82) is 0 Å². The fourth-order valence-electron chi connectivity index (χ4n) is 2.22. The normalized spacial score (nSPS) is 12.8. The van der Waals surface area contributed by atoms with E-state index in [4.69, 9.17) is 21.8 Å². The fourth-order valence-corrected chi connectivity index (χ4v) is 2.40. The third-order valence-corrected chi connectivity index (χ3v) is 3.44. The molecule has 2 N–H and O–H groups in total. The summed E-state index contributed by atoms with van der Waals surface area (Å²) in [5.41, 5.74) is 9.30. The predicted molar refractivity (Wildman–Crippen MR) is 78.4 cm³/mol. The number of fused-ring (bicyclic) bond motifs is 1. The molecule has 0 aliphatic rings. The van der Waals surface area contributed by atoms with Gasteiger partial charge in [-0.1, -0.05) is 41.4 Å². The first-order chi connectivity index (χ1) is 9.13. The Morgan fingerprint density at radius 1 is 1.11 bits per heavy atom. The highest BCUT2D eigenvalue weighted by Gasteiger charge is 2.14. The molecule has 3 heteroatoms. The lowest BCUT2D eigenvalue weighted by Gasteiger charge is -2.09. The monoisotopic (exact) mass is 271 g/mol. The topological polar surface area (TPSA) is 39.2 Å². The van der Waals surface area contributed by atoms with Gasteiger partial charge >= 0.3 is 0 Å². The van der Waals surface area contributed by atoms with Gasteiger partial charge in [0.1, 0.15) is 11.3 Å². The van der Waals surface area contributed by atoms with Gasteiger partial charge in [0.25, 0.3) is 0 Å². The molecule has 2 aromatic carbocycles. The average molecular weight is 272 g/mol. The third-order valence-electron chi connectivity index (χ3n) is 3.21. The minimum atomic E-state index is -0.258. The predicted octanol–water partition coefficient (Wildman–Crippen LogP) is 4.44. The number of rotatable bonds is 2. The van der Waals surface area contributed by atoms with E-state index in [1.165, 1.54) is 5.56 Å². The van der Waals surface area contributed by atoms with Crippen molar-refractivity contribution >= 4 is 22.6 Å². The van der Waals surface area contributed by atoms with Crippen LogP contribution in [0, 0.1) is 6.92 Å². The lowest BCUT2D eigenvalue weighted by Crippen LogP contribution is -2.10. The van der Waals surface area contributed by atoms with Crippen molar-refractivity contribution in [1.82, 2.24) is 0 Å². The minimum absolute atomic E-state index is 0.258. The maximum atomic E-state index is 6.26. The van der Waals surface area contributed by atoms with Crippen molar-refractivity contribution in [2.75, 3.05) is 0 Å². The van der Waals surface area contributed by atoms with E-state index < -0.39 is 0 Å². The quantitative estimate of drug-likeness (QED) is 0.748. The number of nitrogens with two attached hydrogens (primary N) is 1. The number of furan rings is 1. The molecule has 19 heavy (non-hydrogen) atoms. The molecule has 1 unspecified atom stereocenters. The molecule has 0 saturated heterocycles. The maximum absolute atomic E-state index is 6.26. The molecule has 0 aliphatic heterocycles. The molecule has 96 valence electrons. The Bertz CT molecular complexity index is 732. The summed E-state index contributed by atoms with van der Waals surface area (Å²) in [5.74, 6) is 0.753. The second kappa shape index (κ2) is 4.72. The minimum Gasteiger partial charge on any atom is -0.459 e. The summed E-state index contributed by atoms with van der Waals surface area (Å²) in [5, 5.41) is 1.68. The van der Waals surface area contributed by atoms with Crippen LogP contribution < -0.4 is 5.73 Å². The Morgan fingerprint density at radius 2 is 1.95 bits per heavy atom. The first-order valence-electron chi connectivity index (χ1n) is 6.14. The first-order valence-corrected chi connectivity index (χ1v) is 6.52. The first kappa shape index (κ1) is 12.3. The third kappa shape index (κ3) is 2.37. The zero-order valence-corrected chi connectivity index (χ0v) is 11.3. The second-order valence-corrected chi connectivity index (χ2v) is 5.16. The Hall–Kier alpha value is -1.77. The van der Waals surface area contributed by atoms with Gasteiger partial charge in [-0.3, -0.25) is 0 Å². The van der Waals surface area contributed by atoms with Crippen molar-refractivity contribution in [2.45, 2.75) is 13.0 Å². The average Bonchev–Trinajstić information content (AvgIpc) is 2.80. The second-order valence-electron chi connectivity index (χ2n) is 4.72. The highest BCUT2D eigenvalue weighted by molar-refractivity contribution is 6.31. The van der Waals surface area contributed by atoms with Gasteiger partial charge in [0, 0.05) is 10.4 Å². The molecule has 3 rings (SSSR count). The summed E-state index contributed by atoms with van der Waals surface area (Å²) in [4.78, 5) is 0. The zero-order chi connectivity index (χ0) is 13.4. The van der Waals surface area contributed by atoms with Crippen LogP contribution in [-0.2, 0) is 0 Å². The molecule has 0 aliphatic carbocycles. The highest BCUT2D eigenvalue weighted by Crippen LogP contribution is 2.28. The van der Waals surface area contributed by atoms with Crippen molar-refractivity contribution in [3.63, 3.8) is 0 Å². The van der Waals surface area contributed by atoms with Gasteiger partial charge < -0.3 is 10.2 Å². The molecule has 3 aromatic rings. The Labute approximate surface area is 116 Å². The van der Waals surface area contributed by atoms with Crippen molar-refractivity contribution in [3.8, 4) is 0 Å². The van der Waals surface area contributed by atoms with E-state index in [0.717, 1.165) is 22.3 Å². The molecule has 0 saturated carbocycles. The van der Waals surface area contributed by atoms with Crippen LogP contribution in [0.4, 0.5) is 0 Å². The summed E-state index contributed by atoms with van der Waals surface area (Å²) < 4.78 is 5.80. The van der Waals surface area contributed by atoms with Crippen LogP contribution in [0.25, 0.3) is 11.0 Å². The SMILES string of the molecule is Cc1cccc(C(N)c2cc3cc(Cl)ccc3o2)c1. The van der Waals surface area contributed by atoms with Gasteiger partial charge in [-0.2, -0.15) is 0 Å². The van der Waals surface area contributed by atoms with Crippen LogP contribution in [-0.4, -0.2) is 0 Å². The molecule has 0 bridgehead atoms. The van der Waals surface area contributed by atoms with Gasteiger partial charge in [0.2, 0.25) is 0 Å². The van der Waals surface area contributed by atoms with E-state index in [1.54, 1.807) is 0 Å². The largest absolute Gasteiger partial charge is 0.459 e. The van der Waals surface area contributed by atoms with E-state index in [0.29, 0.717) is 5.02 Å². The summed E-state index contributed by atoms with van der Waals surface area (Å²) in [6.07, 6.45) is 0. The van der Waals surface area contributed by atoms with Crippen LogP contribution in [0.3, 0.4) is 0 Å². The molecule has 1 heterocycles.